The van der Waals surface area contributed by atoms with E-state index >= 15 is 0 Å². The quantitative estimate of drug-likeness (QED) is 0.816. The number of nitrogens with zero attached hydrogens (tertiary/aromatic N) is 4. The van der Waals surface area contributed by atoms with Gasteiger partial charge < -0.3 is 9.80 Å². The number of amides is 1. The molecule has 0 unspecified atom stereocenters. The maximum atomic E-state index is 12.6. The molecular weight excluding hydrogens is 320 g/mol. The Morgan fingerprint density at radius 2 is 1.88 bits per heavy atom. The second kappa shape index (κ2) is 8.41. The number of piperazine rings is 1. The molecule has 0 saturated carbocycles. The summed E-state index contributed by atoms with van der Waals surface area (Å²) in [5.74, 6) is 0.963. The summed E-state index contributed by atoms with van der Waals surface area (Å²) in [7, 11) is 0. The van der Waals surface area contributed by atoms with Crippen LogP contribution in [0.4, 0.5) is 0 Å². The molecule has 2 aliphatic rings. The van der Waals surface area contributed by atoms with Gasteiger partial charge in [-0.05, 0) is 45.3 Å². The number of rotatable bonds is 5. The molecule has 1 amide bonds. The Hall–Kier alpha value is -0.980. The van der Waals surface area contributed by atoms with Gasteiger partial charge in [0.25, 0.3) is 0 Å². The lowest BCUT2D eigenvalue weighted by Gasteiger charge is -2.36. The molecule has 0 aliphatic carbocycles. The van der Waals surface area contributed by atoms with Crippen LogP contribution in [0, 0.1) is 12.8 Å². The van der Waals surface area contributed by atoms with E-state index in [0.29, 0.717) is 11.8 Å². The van der Waals surface area contributed by atoms with E-state index in [0.717, 1.165) is 63.8 Å². The zero-order valence-corrected chi connectivity index (χ0v) is 15.9. The number of aryl methyl sites for hydroxylation is 1. The summed E-state index contributed by atoms with van der Waals surface area (Å²) in [5.41, 5.74) is 1.17. The predicted molar refractivity (Wildman–Crippen MR) is 98.2 cm³/mol. The highest BCUT2D eigenvalue weighted by molar-refractivity contribution is 7.09. The molecule has 3 rings (SSSR count). The van der Waals surface area contributed by atoms with Crippen LogP contribution < -0.4 is 0 Å². The molecule has 0 atom stereocenters. The molecule has 2 aliphatic heterocycles. The van der Waals surface area contributed by atoms with Crippen molar-refractivity contribution in [1.29, 1.82) is 0 Å². The number of thiazole rings is 1. The maximum Gasteiger partial charge on any atom is 0.222 e. The van der Waals surface area contributed by atoms with Gasteiger partial charge in [0, 0.05) is 44.5 Å². The van der Waals surface area contributed by atoms with Crippen LogP contribution in [-0.4, -0.2) is 71.4 Å². The van der Waals surface area contributed by atoms with Crippen molar-refractivity contribution in [1.82, 2.24) is 19.7 Å². The average Bonchev–Trinajstić information content (AvgIpc) is 3.01. The number of carbonyl (C=O) groups is 1. The molecule has 5 nitrogen and oxygen atoms in total. The number of aromatic nitrogens is 1. The molecule has 3 heterocycles. The SMILES string of the molecule is CCN1CCC(CC(=O)N2CCN(Cc3csc(C)n3)CC2)CC1. The largest absolute Gasteiger partial charge is 0.340 e. The minimum Gasteiger partial charge on any atom is -0.340 e. The molecule has 0 radical (unpaired) electrons. The van der Waals surface area contributed by atoms with Crippen molar-refractivity contribution in [3.63, 3.8) is 0 Å². The zero-order valence-electron chi connectivity index (χ0n) is 15.0. The number of piperidine rings is 1. The first-order chi connectivity index (χ1) is 11.6. The summed E-state index contributed by atoms with van der Waals surface area (Å²) in [4.78, 5) is 24.1. The van der Waals surface area contributed by atoms with Crippen LogP contribution in [0.5, 0.6) is 0 Å². The molecule has 2 saturated heterocycles. The van der Waals surface area contributed by atoms with E-state index in [1.807, 2.05) is 0 Å². The Kier molecular flexibility index (Phi) is 6.25. The van der Waals surface area contributed by atoms with Gasteiger partial charge in [-0.1, -0.05) is 6.92 Å². The zero-order chi connectivity index (χ0) is 16.9. The van der Waals surface area contributed by atoms with Gasteiger partial charge in [-0.2, -0.15) is 0 Å². The number of hydrogen-bond donors (Lipinski definition) is 0. The molecule has 0 bridgehead atoms. The number of carbonyl (C=O) groups excluding carboxylic acids is 1. The Bertz CT molecular complexity index is 531. The van der Waals surface area contributed by atoms with Gasteiger partial charge in [-0.15, -0.1) is 11.3 Å². The summed E-state index contributed by atoms with van der Waals surface area (Å²) >= 11 is 1.71. The molecule has 0 N–H and O–H groups in total. The van der Waals surface area contributed by atoms with E-state index < -0.39 is 0 Å². The van der Waals surface area contributed by atoms with Crippen LogP contribution in [0.25, 0.3) is 0 Å². The first-order valence-electron chi connectivity index (χ1n) is 9.27. The fourth-order valence-electron chi connectivity index (χ4n) is 3.75. The van der Waals surface area contributed by atoms with E-state index in [9.17, 15) is 4.79 Å². The number of hydrogen-bond acceptors (Lipinski definition) is 5. The van der Waals surface area contributed by atoms with E-state index in [1.54, 1.807) is 11.3 Å². The molecule has 134 valence electrons. The van der Waals surface area contributed by atoms with Crippen molar-refractivity contribution in [3.8, 4) is 0 Å². The molecule has 1 aromatic heterocycles. The Labute approximate surface area is 149 Å². The van der Waals surface area contributed by atoms with E-state index in [1.165, 1.54) is 18.5 Å². The van der Waals surface area contributed by atoms with Crippen molar-refractivity contribution in [2.45, 2.75) is 39.7 Å². The minimum atomic E-state index is 0.370. The lowest BCUT2D eigenvalue weighted by molar-refractivity contribution is -0.134. The van der Waals surface area contributed by atoms with E-state index in [2.05, 4.69) is 38.9 Å². The van der Waals surface area contributed by atoms with Crippen LogP contribution in [0.3, 0.4) is 0 Å². The van der Waals surface area contributed by atoms with Crippen LogP contribution in [-0.2, 0) is 11.3 Å². The molecule has 1 aromatic rings. The molecule has 0 spiro atoms. The third-order valence-electron chi connectivity index (χ3n) is 5.39. The van der Waals surface area contributed by atoms with Gasteiger partial charge in [0.15, 0.2) is 0 Å². The van der Waals surface area contributed by atoms with Gasteiger partial charge in [0.1, 0.15) is 0 Å². The van der Waals surface area contributed by atoms with Crippen molar-refractivity contribution in [2.75, 3.05) is 45.8 Å². The van der Waals surface area contributed by atoms with Crippen LogP contribution in [0.15, 0.2) is 5.38 Å². The molecule has 6 heteroatoms. The standard InChI is InChI=1S/C18H30N4OS/c1-3-20-6-4-16(5-7-20)12-18(23)22-10-8-21(9-11-22)13-17-14-24-15(2)19-17/h14,16H,3-13H2,1-2H3. The average molecular weight is 351 g/mol. The van der Waals surface area contributed by atoms with Gasteiger partial charge in [-0.25, -0.2) is 4.98 Å². The maximum absolute atomic E-state index is 12.6. The van der Waals surface area contributed by atoms with Gasteiger partial charge in [-0.3, -0.25) is 9.69 Å². The monoisotopic (exact) mass is 350 g/mol. The highest BCUT2D eigenvalue weighted by atomic mass is 32.1. The Balaban J connectivity index is 1.39. The van der Waals surface area contributed by atoms with E-state index in [-0.39, 0.29) is 0 Å². The normalized spacial score (nSPS) is 21.3. The van der Waals surface area contributed by atoms with Gasteiger partial charge in [0.05, 0.1) is 10.7 Å². The summed E-state index contributed by atoms with van der Waals surface area (Å²) < 4.78 is 0. The molecule has 0 aromatic carbocycles. The van der Waals surface area contributed by atoms with Gasteiger partial charge in [0.2, 0.25) is 5.91 Å². The second-order valence-electron chi connectivity index (χ2n) is 7.10. The third-order valence-corrected chi connectivity index (χ3v) is 6.22. The van der Waals surface area contributed by atoms with Crippen LogP contribution in [0.2, 0.25) is 0 Å². The lowest BCUT2D eigenvalue weighted by Crippen LogP contribution is -2.49. The van der Waals surface area contributed by atoms with Crippen molar-refractivity contribution in [2.24, 2.45) is 5.92 Å². The smallest absolute Gasteiger partial charge is 0.222 e. The fourth-order valence-corrected chi connectivity index (χ4v) is 4.35. The summed E-state index contributed by atoms with van der Waals surface area (Å²) in [6.45, 7) is 12.3. The highest BCUT2D eigenvalue weighted by Gasteiger charge is 2.26. The fraction of sp³-hybridized carbons (Fsp3) is 0.778. The Morgan fingerprint density at radius 1 is 1.17 bits per heavy atom. The van der Waals surface area contributed by atoms with Crippen molar-refractivity contribution >= 4 is 17.2 Å². The van der Waals surface area contributed by atoms with Crippen molar-refractivity contribution in [3.05, 3.63) is 16.1 Å². The van der Waals surface area contributed by atoms with Crippen molar-refractivity contribution < 1.29 is 4.79 Å². The second-order valence-corrected chi connectivity index (χ2v) is 8.16. The number of likely N-dealkylation sites (tertiary alicyclic amines) is 1. The molecule has 24 heavy (non-hydrogen) atoms. The van der Waals surface area contributed by atoms with E-state index in [4.69, 9.17) is 0 Å². The van der Waals surface area contributed by atoms with Gasteiger partial charge >= 0.3 is 0 Å². The third kappa shape index (κ3) is 4.77. The minimum absolute atomic E-state index is 0.370. The van der Waals surface area contributed by atoms with Crippen LogP contribution in [0.1, 0.15) is 36.9 Å². The first kappa shape index (κ1) is 17.8. The highest BCUT2D eigenvalue weighted by Crippen LogP contribution is 2.22. The van der Waals surface area contributed by atoms with Crippen LogP contribution >= 0.6 is 11.3 Å². The predicted octanol–water partition coefficient (Wildman–Crippen LogP) is 2.22. The first-order valence-corrected chi connectivity index (χ1v) is 10.2. The Morgan fingerprint density at radius 3 is 2.46 bits per heavy atom. The molecular formula is C18H30N4OS. The summed E-state index contributed by atoms with van der Waals surface area (Å²) in [5, 5.41) is 3.28. The summed E-state index contributed by atoms with van der Waals surface area (Å²) in [6.07, 6.45) is 3.12. The summed E-state index contributed by atoms with van der Waals surface area (Å²) in [6, 6.07) is 0. The topological polar surface area (TPSA) is 39.7 Å². The lowest BCUT2D eigenvalue weighted by atomic mass is 9.93. The molecule has 2 fully saturated rings.